The van der Waals surface area contributed by atoms with Crippen LogP contribution in [0, 0.1) is 5.92 Å². The predicted octanol–water partition coefficient (Wildman–Crippen LogP) is 2.32. The molecule has 0 aliphatic rings. The number of halogens is 1. The number of hydrogen-bond acceptors (Lipinski definition) is 3. The fourth-order valence-electron chi connectivity index (χ4n) is 2.24. The van der Waals surface area contributed by atoms with E-state index in [9.17, 15) is 4.79 Å². The van der Waals surface area contributed by atoms with Crippen LogP contribution in [0.3, 0.4) is 0 Å². The summed E-state index contributed by atoms with van der Waals surface area (Å²) >= 11 is 0. The first-order valence-corrected chi connectivity index (χ1v) is 9.00. The summed E-state index contributed by atoms with van der Waals surface area (Å²) in [5.41, 5.74) is 1.91. The molecule has 2 aromatic rings. The van der Waals surface area contributed by atoms with E-state index < -0.39 is 0 Å². The lowest BCUT2D eigenvalue weighted by Crippen LogP contribution is -2.42. The lowest BCUT2D eigenvalue weighted by molar-refractivity contribution is -0.123. The van der Waals surface area contributed by atoms with E-state index in [0.717, 1.165) is 17.9 Å². The summed E-state index contributed by atoms with van der Waals surface area (Å²) in [7, 11) is 0. The van der Waals surface area contributed by atoms with E-state index in [1.54, 1.807) is 0 Å². The van der Waals surface area contributed by atoms with Crippen molar-refractivity contribution in [2.45, 2.75) is 27.3 Å². The van der Waals surface area contributed by atoms with E-state index in [0.29, 0.717) is 25.6 Å². The van der Waals surface area contributed by atoms with Crippen molar-refractivity contribution in [1.82, 2.24) is 25.7 Å². The fourth-order valence-corrected chi connectivity index (χ4v) is 2.24. The monoisotopic (exact) mass is 484 g/mol. The predicted molar refractivity (Wildman–Crippen MR) is 120 cm³/mol. The molecule has 1 heterocycles. The zero-order valence-corrected chi connectivity index (χ0v) is 18.4. The van der Waals surface area contributed by atoms with Gasteiger partial charge in [0.1, 0.15) is 0 Å². The summed E-state index contributed by atoms with van der Waals surface area (Å²) in [6.45, 7) is 8.19. The Kier molecular flexibility index (Phi) is 10.5. The standard InChI is InChI=1S/C19H28N6O.HI/c1-4-20-19(22-12-11-21-18(26)15(2)3)23-14-16-10-13-25(24-16)17-8-6-5-7-9-17;/h5-10,13,15H,4,11-12,14H2,1-3H3,(H,21,26)(H2,20,22,23);1H. The van der Waals surface area contributed by atoms with Crippen LogP contribution >= 0.6 is 24.0 Å². The Bertz CT molecular complexity index is 714. The summed E-state index contributed by atoms with van der Waals surface area (Å²) in [4.78, 5) is 16.1. The second-order valence-corrected chi connectivity index (χ2v) is 6.15. The number of carbonyl (C=O) groups is 1. The normalized spacial score (nSPS) is 11.0. The fraction of sp³-hybridized carbons (Fsp3) is 0.421. The molecule has 0 fully saturated rings. The topological polar surface area (TPSA) is 83.3 Å². The van der Waals surface area contributed by atoms with Gasteiger partial charge in [0.15, 0.2) is 5.96 Å². The molecule has 1 amide bonds. The van der Waals surface area contributed by atoms with Crippen LogP contribution in [-0.2, 0) is 11.3 Å². The molecule has 0 saturated carbocycles. The van der Waals surface area contributed by atoms with E-state index >= 15 is 0 Å². The van der Waals surface area contributed by atoms with Crippen LogP contribution in [0.4, 0.5) is 0 Å². The van der Waals surface area contributed by atoms with E-state index in [4.69, 9.17) is 0 Å². The first-order valence-electron chi connectivity index (χ1n) is 9.00. The largest absolute Gasteiger partial charge is 0.357 e. The summed E-state index contributed by atoms with van der Waals surface area (Å²) in [6.07, 6.45) is 1.93. The molecule has 0 aliphatic heterocycles. The first kappa shape index (κ1) is 22.9. The van der Waals surface area contributed by atoms with Crippen molar-refractivity contribution in [3.63, 3.8) is 0 Å². The molecular formula is C19H29IN6O. The second kappa shape index (κ2) is 12.3. The van der Waals surface area contributed by atoms with Gasteiger partial charge in [0, 0.05) is 31.7 Å². The Labute approximate surface area is 178 Å². The van der Waals surface area contributed by atoms with Crippen molar-refractivity contribution >= 4 is 35.8 Å². The number of hydrogen-bond donors (Lipinski definition) is 3. The quantitative estimate of drug-likeness (QED) is 0.233. The first-order chi connectivity index (χ1) is 12.6. The van der Waals surface area contributed by atoms with Crippen LogP contribution in [0.15, 0.2) is 47.6 Å². The molecule has 0 bridgehead atoms. The van der Waals surface area contributed by atoms with Gasteiger partial charge >= 0.3 is 0 Å². The van der Waals surface area contributed by atoms with Gasteiger partial charge in [-0.2, -0.15) is 5.10 Å². The Morgan fingerprint density at radius 3 is 2.48 bits per heavy atom. The minimum absolute atomic E-state index is 0. The van der Waals surface area contributed by atoms with E-state index in [2.05, 4.69) is 26.0 Å². The van der Waals surface area contributed by atoms with Crippen molar-refractivity contribution in [3.8, 4) is 5.69 Å². The van der Waals surface area contributed by atoms with Gasteiger partial charge < -0.3 is 16.0 Å². The van der Waals surface area contributed by atoms with Gasteiger partial charge in [0.2, 0.25) is 5.91 Å². The molecule has 8 heteroatoms. The Morgan fingerprint density at radius 1 is 1.11 bits per heavy atom. The van der Waals surface area contributed by atoms with Crippen LogP contribution < -0.4 is 16.0 Å². The number of guanidine groups is 1. The van der Waals surface area contributed by atoms with E-state index in [1.165, 1.54) is 0 Å². The highest BCUT2D eigenvalue weighted by Gasteiger charge is 2.05. The van der Waals surface area contributed by atoms with Gasteiger partial charge in [-0.05, 0) is 25.1 Å². The highest BCUT2D eigenvalue weighted by atomic mass is 127. The highest BCUT2D eigenvalue weighted by Crippen LogP contribution is 2.07. The third kappa shape index (κ3) is 7.98. The molecule has 0 unspecified atom stereocenters. The van der Waals surface area contributed by atoms with E-state index in [-0.39, 0.29) is 35.8 Å². The Hall–Kier alpha value is -2.10. The molecule has 27 heavy (non-hydrogen) atoms. The number of benzene rings is 1. The third-order valence-corrected chi connectivity index (χ3v) is 3.65. The van der Waals surface area contributed by atoms with Crippen LogP contribution in [0.25, 0.3) is 5.69 Å². The number of para-hydroxylation sites is 1. The minimum Gasteiger partial charge on any atom is -0.357 e. The van der Waals surface area contributed by atoms with Crippen molar-refractivity contribution in [1.29, 1.82) is 0 Å². The zero-order valence-electron chi connectivity index (χ0n) is 16.1. The average Bonchev–Trinajstić information content (AvgIpc) is 3.12. The van der Waals surface area contributed by atoms with Crippen LogP contribution in [0.5, 0.6) is 0 Å². The van der Waals surface area contributed by atoms with Crippen LogP contribution in [0.1, 0.15) is 26.5 Å². The molecule has 0 saturated heterocycles. The molecule has 148 valence electrons. The molecule has 1 aromatic heterocycles. The van der Waals surface area contributed by atoms with Gasteiger partial charge in [-0.3, -0.25) is 4.79 Å². The molecule has 0 radical (unpaired) electrons. The van der Waals surface area contributed by atoms with Crippen molar-refractivity contribution in [3.05, 3.63) is 48.3 Å². The van der Waals surface area contributed by atoms with Crippen molar-refractivity contribution in [2.24, 2.45) is 10.9 Å². The molecule has 0 atom stereocenters. The van der Waals surface area contributed by atoms with E-state index in [1.807, 2.05) is 68.0 Å². The number of aromatic nitrogens is 2. The maximum Gasteiger partial charge on any atom is 0.222 e. The number of carbonyl (C=O) groups excluding carboxylic acids is 1. The molecule has 1 aromatic carbocycles. The average molecular weight is 484 g/mol. The van der Waals surface area contributed by atoms with Crippen molar-refractivity contribution in [2.75, 3.05) is 19.6 Å². The zero-order chi connectivity index (χ0) is 18.8. The summed E-state index contributed by atoms with van der Waals surface area (Å²) in [5.74, 6) is 0.761. The maximum atomic E-state index is 11.5. The molecule has 7 nitrogen and oxygen atoms in total. The number of rotatable bonds is 8. The highest BCUT2D eigenvalue weighted by molar-refractivity contribution is 14.0. The van der Waals surface area contributed by atoms with Gasteiger partial charge in [0.25, 0.3) is 0 Å². The minimum atomic E-state index is -0.00312. The Morgan fingerprint density at radius 2 is 1.81 bits per heavy atom. The lowest BCUT2D eigenvalue weighted by Gasteiger charge is -2.12. The molecule has 3 N–H and O–H groups in total. The van der Waals surface area contributed by atoms with Crippen molar-refractivity contribution < 1.29 is 4.79 Å². The summed E-state index contributed by atoms with van der Waals surface area (Å²) in [6, 6.07) is 11.9. The van der Waals surface area contributed by atoms with Crippen LogP contribution in [-0.4, -0.2) is 41.3 Å². The van der Waals surface area contributed by atoms with Gasteiger partial charge in [0.05, 0.1) is 17.9 Å². The summed E-state index contributed by atoms with van der Waals surface area (Å²) in [5, 5.41) is 13.8. The number of nitrogens with zero attached hydrogens (tertiary/aromatic N) is 3. The number of aliphatic imine (C=N–C) groups is 1. The van der Waals surface area contributed by atoms with Gasteiger partial charge in [-0.15, -0.1) is 24.0 Å². The SMILES string of the molecule is CCNC(=NCc1ccn(-c2ccccc2)n1)NCCNC(=O)C(C)C.I. The summed E-state index contributed by atoms with van der Waals surface area (Å²) < 4.78 is 1.84. The Balaban J connectivity index is 0.00000364. The third-order valence-electron chi connectivity index (χ3n) is 3.65. The lowest BCUT2D eigenvalue weighted by atomic mass is 10.2. The molecule has 0 spiro atoms. The molecule has 2 rings (SSSR count). The molecule has 0 aliphatic carbocycles. The smallest absolute Gasteiger partial charge is 0.222 e. The number of nitrogens with one attached hydrogen (secondary N) is 3. The maximum absolute atomic E-state index is 11.5. The second-order valence-electron chi connectivity index (χ2n) is 6.15. The molecular weight excluding hydrogens is 455 g/mol. The number of amides is 1. The van der Waals surface area contributed by atoms with Gasteiger partial charge in [-0.25, -0.2) is 9.67 Å². The van der Waals surface area contributed by atoms with Crippen LogP contribution in [0.2, 0.25) is 0 Å². The van der Waals surface area contributed by atoms with Gasteiger partial charge in [-0.1, -0.05) is 32.0 Å².